The second-order valence-electron chi connectivity index (χ2n) is 7.50. The largest absolute Gasteiger partial charge is 0.456 e. The maximum Gasteiger partial charge on any atom is 0.340 e. The molecule has 1 atom stereocenters. The number of hydrogen-bond donors (Lipinski definition) is 1. The van der Waals surface area contributed by atoms with Crippen LogP contribution < -0.4 is 15.4 Å². The van der Waals surface area contributed by atoms with E-state index < -0.39 is 5.60 Å². The number of hydrogen-bond acceptors (Lipinski definition) is 5. The second kappa shape index (κ2) is 5.52. The van der Waals surface area contributed by atoms with Crippen molar-refractivity contribution in [1.29, 1.82) is 0 Å². The molecule has 1 unspecified atom stereocenters. The molecule has 0 bridgehead atoms. The molecule has 0 saturated carbocycles. The molecule has 1 spiro atoms. The summed E-state index contributed by atoms with van der Waals surface area (Å²) >= 11 is 0. The molecular formula is C23H20N2O3. The van der Waals surface area contributed by atoms with Crippen LogP contribution in [0.15, 0.2) is 54.6 Å². The first-order valence-electron chi connectivity index (χ1n) is 9.15. The molecule has 2 N–H and O–H groups in total. The molecule has 2 heterocycles. The Morgan fingerprint density at radius 2 is 1.68 bits per heavy atom. The normalized spacial score (nSPS) is 18.8. The first-order chi connectivity index (χ1) is 13.4. The fraction of sp³-hybridized carbons (Fsp3) is 0.174. The minimum Gasteiger partial charge on any atom is -0.456 e. The summed E-state index contributed by atoms with van der Waals surface area (Å²) in [6.07, 6.45) is 0. The predicted molar refractivity (Wildman–Crippen MR) is 108 cm³/mol. The highest BCUT2D eigenvalue weighted by atomic mass is 16.6. The quantitative estimate of drug-likeness (QED) is 0.512. The lowest BCUT2D eigenvalue weighted by Gasteiger charge is -2.37. The molecule has 3 aromatic rings. The molecule has 3 aromatic carbocycles. The Bertz CT molecular complexity index is 1150. The van der Waals surface area contributed by atoms with E-state index in [4.69, 9.17) is 15.2 Å². The van der Waals surface area contributed by atoms with Crippen LogP contribution in [0.3, 0.4) is 0 Å². The van der Waals surface area contributed by atoms with Crippen molar-refractivity contribution in [2.75, 3.05) is 24.7 Å². The SMILES string of the molecule is Cc1cc2c(cc1N)C1(OC(=O)c3ccccc31)c1ccc(N(C)C)cc1O2. The Morgan fingerprint density at radius 1 is 0.929 bits per heavy atom. The van der Waals surface area contributed by atoms with Crippen LogP contribution in [0.5, 0.6) is 11.5 Å². The van der Waals surface area contributed by atoms with Gasteiger partial charge in [0.1, 0.15) is 11.5 Å². The van der Waals surface area contributed by atoms with E-state index >= 15 is 0 Å². The molecule has 0 aromatic heterocycles. The van der Waals surface area contributed by atoms with E-state index in [9.17, 15) is 4.79 Å². The third-order valence-electron chi connectivity index (χ3n) is 5.60. The zero-order valence-electron chi connectivity index (χ0n) is 15.9. The number of esters is 1. The predicted octanol–water partition coefficient (Wildman–Crippen LogP) is 4.21. The number of nitrogens with two attached hydrogens (primary N) is 1. The number of nitrogens with zero attached hydrogens (tertiary/aromatic N) is 1. The van der Waals surface area contributed by atoms with Crippen molar-refractivity contribution >= 4 is 17.3 Å². The van der Waals surface area contributed by atoms with E-state index in [2.05, 4.69) is 0 Å². The molecule has 0 aliphatic carbocycles. The number of benzene rings is 3. The Kier molecular flexibility index (Phi) is 3.29. The van der Waals surface area contributed by atoms with Gasteiger partial charge in [-0.25, -0.2) is 4.79 Å². The van der Waals surface area contributed by atoms with E-state index in [1.54, 1.807) is 6.07 Å². The summed E-state index contributed by atoms with van der Waals surface area (Å²) in [5.41, 5.74) is 10.6. The Balaban J connectivity index is 1.88. The minimum absolute atomic E-state index is 0.342. The average Bonchev–Trinajstić information content (AvgIpc) is 2.97. The Morgan fingerprint density at radius 3 is 2.46 bits per heavy atom. The average molecular weight is 372 g/mol. The van der Waals surface area contributed by atoms with Crippen molar-refractivity contribution in [1.82, 2.24) is 0 Å². The van der Waals surface area contributed by atoms with E-state index in [0.717, 1.165) is 27.9 Å². The van der Waals surface area contributed by atoms with Crippen LogP contribution in [0.2, 0.25) is 0 Å². The zero-order chi connectivity index (χ0) is 19.6. The van der Waals surface area contributed by atoms with Crippen LogP contribution >= 0.6 is 0 Å². The maximum atomic E-state index is 12.8. The molecular weight excluding hydrogens is 352 g/mol. The summed E-state index contributed by atoms with van der Waals surface area (Å²) in [5.74, 6) is 0.984. The smallest absolute Gasteiger partial charge is 0.340 e. The topological polar surface area (TPSA) is 64.8 Å². The highest BCUT2D eigenvalue weighted by molar-refractivity contribution is 5.97. The number of carbonyl (C=O) groups excluding carboxylic acids is 1. The number of ether oxygens (including phenoxy) is 2. The van der Waals surface area contributed by atoms with Crippen molar-refractivity contribution in [2.24, 2.45) is 0 Å². The van der Waals surface area contributed by atoms with Gasteiger partial charge < -0.3 is 20.1 Å². The van der Waals surface area contributed by atoms with Gasteiger partial charge in [0.05, 0.1) is 5.56 Å². The molecule has 2 aliphatic rings. The van der Waals surface area contributed by atoms with Crippen molar-refractivity contribution in [3.8, 4) is 11.5 Å². The maximum absolute atomic E-state index is 12.8. The van der Waals surface area contributed by atoms with Crippen molar-refractivity contribution in [2.45, 2.75) is 12.5 Å². The second-order valence-corrected chi connectivity index (χ2v) is 7.50. The summed E-state index contributed by atoms with van der Waals surface area (Å²) < 4.78 is 12.4. The number of nitrogen functional groups attached to an aromatic ring is 1. The minimum atomic E-state index is -1.07. The molecule has 5 rings (SSSR count). The van der Waals surface area contributed by atoms with Gasteiger partial charge in [-0.1, -0.05) is 18.2 Å². The van der Waals surface area contributed by atoms with Crippen LogP contribution in [-0.4, -0.2) is 20.1 Å². The number of carbonyl (C=O) groups is 1. The monoisotopic (exact) mass is 372 g/mol. The van der Waals surface area contributed by atoms with Gasteiger partial charge in [0.25, 0.3) is 0 Å². The molecule has 5 nitrogen and oxygen atoms in total. The fourth-order valence-corrected chi connectivity index (χ4v) is 4.10. The number of aryl methyl sites for hydroxylation is 1. The summed E-state index contributed by atoms with van der Waals surface area (Å²) in [7, 11) is 3.95. The van der Waals surface area contributed by atoms with E-state index in [-0.39, 0.29) is 5.97 Å². The lowest BCUT2D eigenvalue weighted by molar-refractivity contribution is 0.0224. The molecule has 0 fully saturated rings. The van der Waals surface area contributed by atoms with Gasteiger partial charge in [-0.05, 0) is 42.8 Å². The van der Waals surface area contributed by atoms with Gasteiger partial charge in [-0.15, -0.1) is 0 Å². The van der Waals surface area contributed by atoms with E-state index in [1.807, 2.05) is 74.4 Å². The van der Waals surface area contributed by atoms with Crippen LogP contribution in [-0.2, 0) is 10.3 Å². The van der Waals surface area contributed by atoms with Gasteiger partial charge in [0, 0.05) is 48.2 Å². The van der Waals surface area contributed by atoms with Gasteiger partial charge in [-0.2, -0.15) is 0 Å². The van der Waals surface area contributed by atoms with Crippen molar-refractivity contribution in [3.63, 3.8) is 0 Å². The number of fused-ring (bicyclic) bond motifs is 6. The molecule has 28 heavy (non-hydrogen) atoms. The third kappa shape index (κ3) is 2.04. The molecule has 2 aliphatic heterocycles. The Hall–Kier alpha value is -3.47. The van der Waals surface area contributed by atoms with Gasteiger partial charge in [0.15, 0.2) is 5.60 Å². The van der Waals surface area contributed by atoms with Gasteiger partial charge in [0.2, 0.25) is 0 Å². The van der Waals surface area contributed by atoms with Crippen LogP contribution in [0.25, 0.3) is 0 Å². The van der Waals surface area contributed by atoms with Crippen LogP contribution in [0.4, 0.5) is 11.4 Å². The molecule has 0 amide bonds. The lowest BCUT2D eigenvalue weighted by atomic mass is 9.77. The Labute approximate surface area is 163 Å². The first-order valence-corrected chi connectivity index (χ1v) is 9.15. The fourth-order valence-electron chi connectivity index (χ4n) is 4.10. The van der Waals surface area contributed by atoms with Crippen LogP contribution in [0, 0.1) is 6.92 Å². The highest BCUT2D eigenvalue weighted by Crippen LogP contribution is 2.57. The summed E-state index contributed by atoms with van der Waals surface area (Å²) in [4.78, 5) is 14.8. The molecule has 5 heteroatoms. The van der Waals surface area contributed by atoms with E-state index in [0.29, 0.717) is 22.7 Å². The summed E-state index contributed by atoms with van der Waals surface area (Å²) in [6, 6.07) is 17.2. The summed E-state index contributed by atoms with van der Waals surface area (Å²) in [5, 5.41) is 0. The molecule has 0 saturated heterocycles. The number of rotatable bonds is 1. The lowest BCUT2D eigenvalue weighted by Crippen LogP contribution is -2.33. The molecule has 140 valence electrons. The van der Waals surface area contributed by atoms with Crippen LogP contribution in [0.1, 0.15) is 32.6 Å². The molecule has 0 radical (unpaired) electrons. The van der Waals surface area contributed by atoms with Crippen molar-refractivity contribution < 1.29 is 14.3 Å². The first kappa shape index (κ1) is 16.7. The van der Waals surface area contributed by atoms with Gasteiger partial charge >= 0.3 is 5.97 Å². The number of anilines is 2. The standard InChI is InChI=1S/C23H20N2O3/c1-13-10-20-18(12-19(13)24)23(16-7-5-4-6-15(16)22(26)28-23)17-9-8-14(25(2)3)11-21(17)27-20/h4-12H,24H2,1-3H3. The highest BCUT2D eigenvalue weighted by Gasteiger charge is 2.53. The van der Waals surface area contributed by atoms with Gasteiger partial charge in [-0.3, -0.25) is 0 Å². The third-order valence-corrected chi connectivity index (χ3v) is 5.60. The zero-order valence-corrected chi connectivity index (χ0v) is 15.9. The van der Waals surface area contributed by atoms with Crippen molar-refractivity contribution in [3.05, 3.63) is 82.4 Å². The van der Waals surface area contributed by atoms with E-state index in [1.165, 1.54) is 0 Å². The summed E-state index contributed by atoms with van der Waals surface area (Å²) in [6.45, 7) is 1.94.